The number of thiazole rings is 1. The van der Waals surface area contributed by atoms with Crippen LogP contribution in [0.2, 0.25) is 5.02 Å². The lowest BCUT2D eigenvalue weighted by Gasteiger charge is -2.30. The van der Waals surface area contributed by atoms with E-state index in [-0.39, 0.29) is 13.2 Å². The van der Waals surface area contributed by atoms with Gasteiger partial charge in [0.25, 0.3) is 5.91 Å². The number of primary amides is 1. The second-order valence-electron chi connectivity index (χ2n) is 8.91. The van der Waals surface area contributed by atoms with Crippen molar-refractivity contribution in [3.63, 3.8) is 0 Å². The van der Waals surface area contributed by atoms with E-state index in [1.165, 1.54) is 28.8 Å². The summed E-state index contributed by atoms with van der Waals surface area (Å²) in [5.41, 5.74) is 6.68. The maximum Gasteiger partial charge on any atom is 0.338 e. The zero-order valence-electron chi connectivity index (χ0n) is 20.8. The Morgan fingerprint density at radius 1 is 1.02 bits per heavy atom. The molecular formula is C26H21ClN4O7S2. The Kier molecular flexibility index (Phi) is 7.53. The van der Waals surface area contributed by atoms with E-state index in [0.29, 0.717) is 36.6 Å². The van der Waals surface area contributed by atoms with Crippen molar-refractivity contribution >= 4 is 70.1 Å². The molecule has 40 heavy (non-hydrogen) atoms. The molecule has 206 valence electrons. The van der Waals surface area contributed by atoms with Crippen LogP contribution in [0, 0.1) is 5.92 Å². The maximum absolute atomic E-state index is 13.2. The first-order chi connectivity index (χ1) is 19.1. The van der Waals surface area contributed by atoms with Crippen LogP contribution in [0.25, 0.3) is 0 Å². The quantitative estimate of drug-likeness (QED) is 0.323. The number of hydrogen-bond donors (Lipinski definition) is 2. The molecule has 14 heteroatoms. The number of urea groups is 1. The number of imide groups is 3. The number of nitrogens with two attached hydrogens (primary N) is 1. The van der Waals surface area contributed by atoms with Gasteiger partial charge in [0.05, 0.1) is 23.1 Å². The number of benzene rings is 2. The molecule has 2 aliphatic rings. The first-order valence-electron chi connectivity index (χ1n) is 12.0. The number of thioether (sulfide) groups is 1. The second kappa shape index (κ2) is 10.9. The molecule has 1 fully saturated rings. The third kappa shape index (κ3) is 4.91. The normalized spacial score (nSPS) is 19.6. The van der Waals surface area contributed by atoms with E-state index < -0.39 is 51.7 Å². The number of amides is 5. The van der Waals surface area contributed by atoms with Crippen LogP contribution < -0.4 is 15.9 Å². The monoisotopic (exact) mass is 600 g/mol. The maximum atomic E-state index is 13.2. The Labute approximate surface area is 240 Å². The van der Waals surface area contributed by atoms with Crippen molar-refractivity contribution in [1.82, 2.24) is 9.47 Å². The second-order valence-corrected chi connectivity index (χ2v) is 11.5. The molecule has 2 aliphatic heterocycles. The number of aromatic nitrogens is 1. The molecule has 3 unspecified atom stereocenters. The van der Waals surface area contributed by atoms with Gasteiger partial charge < -0.3 is 15.8 Å². The van der Waals surface area contributed by atoms with Crippen molar-refractivity contribution in [2.24, 2.45) is 11.7 Å². The number of ether oxygens (including phenoxy) is 1. The van der Waals surface area contributed by atoms with Crippen molar-refractivity contribution in [1.29, 1.82) is 0 Å². The average molecular weight is 601 g/mol. The van der Waals surface area contributed by atoms with Crippen LogP contribution in [-0.4, -0.2) is 51.0 Å². The first-order valence-corrected chi connectivity index (χ1v) is 14.1. The van der Waals surface area contributed by atoms with Crippen molar-refractivity contribution in [2.75, 3.05) is 11.9 Å². The van der Waals surface area contributed by atoms with Crippen LogP contribution in [0.15, 0.2) is 58.4 Å². The van der Waals surface area contributed by atoms with Crippen molar-refractivity contribution < 1.29 is 28.7 Å². The fourth-order valence-corrected chi connectivity index (χ4v) is 7.65. The van der Waals surface area contributed by atoms with Gasteiger partial charge in [0.1, 0.15) is 11.8 Å². The molecule has 0 radical (unpaired) electrons. The van der Waals surface area contributed by atoms with Crippen molar-refractivity contribution in [3.05, 3.63) is 79.2 Å². The third-order valence-electron chi connectivity index (χ3n) is 6.48. The predicted octanol–water partition coefficient (Wildman–Crippen LogP) is 3.05. The Morgan fingerprint density at radius 3 is 2.33 bits per heavy atom. The Balaban J connectivity index is 1.47. The van der Waals surface area contributed by atoms with Crippen LogP contribution in [0.1, 0.15) is 33.6 Å². The Morgan fingerprint density at radius 2 is 1.70 bits per heavy atom. The van der Waals surface area contributed by atoms with Crippen LogP contribution in [0.4, 0.5) is 10.5 Å². The summed E-state index contributed by atoms with van der Waals surface area (Å²) in [4.78, 5) is 76.7. The molecule has 11 nitrogen and oxygen atoms in total. The van der Waals surface area contributed by atoms with E-state index in [0.717, 1.165) is 23.1 Å². The van der Waals surface area contributed by atoms with Crippen LogP contribution in [-0.2, 0) is 25.7 Å². The number of esters is 1. The standard InChI is InChI=1S/C26H21ClN4O7S2/c1-2-38-24(35)13-5-9-15(10-6-13)29-16(32)11-30-23-20(40-26(30)37)17(12-3-7-14(27)8-4-12)18-19(39-23)22(34)31(21(18)33)25(28)36/h3-10,17-19H,2,11H2,1H3,(H2,28,36)(H,29,32). The van der Waals surface area contributed by atoms with Crippen LogP contribution in [0.5, 0.6) is 0 Å². The lowest BCUT2D eigenvalue weighted by atomic mass is 9.83. The van der Waals surface area contributed by atoms with E-state index in [4.69, 9.17) is 22.1 Å². The molecule has 1 aromatic heterocycles. The van der Waals surface area contributed by atoms with Crippen molar-refractivity contribution in [3.8, 4) is 0 Å². The fraction of sp³-hybridized carbons (Fsp3) is 0.231. The summed E-state index contributed by atoms with van der Waals surface area (Å²) < 4.78 is 6.20. The Hall–Kier alpha value is -3.94. The van der Waals surface area contributed by atoms with Gasteiger partial charge in [-0.2, -0.15) is 4.90 Å². The van der Waals surface area contributed by atoms with Gasteiger partial charge in [-0.1, -0.05) is 46.8 Å². The number of likely N-dealkylation sites (tertiary alicyclic amines) is 1. The SMILES string of the molecule is CCOC(=O)c1ccc(NC(=O)Cn2c3c(sc2=O)C(c2ccc(Cl)cc2)C2C(=O)N(C(N)=O)C(=O)C2S3)cc1. The molecule has 3 atom stereocenters. The van der Waals surface area contributed by atoms with Gasteiger partial charge in [-0.3, -0.25) is 23.7 Å². The molecular weight excluding hydrogens is 580 g/mol. The van der Waals surface area contributed by atoms with Gasteiger partial charge in [0.2, 0.25) is 11.8 Å². The Bertz CT molecular complexity index is 1600. The van der Waals surface area contributed by atoms with Gasteiger partial charge in [-0.15, -0.1) is 0 Å². The molecule has 0 saturated carbocycles. The highest BCUT2D eigenvalue weighted by molar-refractivity contribution is 8.00. The molecule has 0 aliphatic carbocycles. The molecule has 5 rings (SSSR count). The number of halogens is 1. The van der Waals surface area contributed by atoms with Gasteiger partial charge in [-0.05, 0) is 48.9 Å². The smallest absolute Gasteiger partial charge is 0.338 e. The largest absolute Gasteiger partial charge is 0.462 e. The average Bonchev–Trinajstić information content (AvgIpc) is 3.36. The number of hydrogen-bond acceptors (Lipinski definition) is 9. The first kappa shape index (κ1) is 27.6. The number of anilines is 1. The zero-order valence-corrected chi connectivity index (χ0v) is 23.2. The number of rotatable bonds is 6. The summed E-state index contributed by atoms with van der Waals surface area (Å²) in [6.45, 7) is 1.56. The van der Waals surface area contributed by atoms with E-state index in [1.54, 1.807) is 31.2 Å². The lowest BCUT2D eigenvalue weighted by Crippen LogP contribution is -2.41. The summed E-state index contributed by atoms with van der Waals surface area (Å²) in [7, 11) is 0. The molecule has 3 N–H and O–H groups in total. The van der Waals surface area contributed by atoms with Gasteiger partial charge in [0, 0.05) is 21.5 Å². The minimum Gasteiger partial charge on any atom is -0.462 e. The van der Waals surface area contributed by atoms with Gasteiger partial charge >= 0.3 is 16.9 Å². The summed E-state index contributed by atoms with van der Waals surface area (Å²) >= 11 is 7.89. The number of carbonyl (C=O) groups is 5. The lowest BCUT2D eigenvalue weighted by molar-refractivity contribution is -0.135. The van der Waals surface area contributed by atoms with Crippen LogP contribution in [0.3, 0.4) is 0 Å². The topological polar surface area (TPSA) is 158 Å². The fourth-order valence-electron chi connectivity index (χ4n) is 4.75. The summed E-state index contributed by atoms with van der Waals surface area (Å²) in [6.07, 6.45) is 0. The van der Waals surface area contributed by atoms with E-state index in [1.807, 2.05) is 0 Å². The molecule has 5 amide bonds. The highest BCUT2D eigenvalue weighted by atomic mass is 35.5. The van der Waals surface area contributed by atoms with E-state index >= 15 is 0 Å². The minimum absolute atomic E-state index is 0.232. The number of carbonyl (C=O) groups excluding carboxylic acids is 5. The minimum atomic E-state index is -1.17. The molecule has 2 aromatic carbocycles. The third-order valence-corrected chi connectivity index (χ3v) is 9.34. The summed E-state index contributed by atoms with van der Waals surface area (Å²) in [5.74, 6) is -4.23. The van der Waals surface area contributed by atoms with E-state index in [9.17, 15) is 28.8 Å². The van der Waals surface area contributed by atoms with Gasteiger partial charge in [0.15, 0.2) is 0 Å². The zero-order chi connectivity index (χ0) is 28.7. The molecule has 3 aromatic rings. The van der Waals surface area contributed by atoms with Crippen molar-refractivity contribution in [2.45, 2.75) is 29.7 Å². The molecule has 3 heterocycles. The highest BCUT2D eigenvalue weighted by Gasteiger charge is 2.57. The number of nitrogens with one attached hydrogen (secondary N) is 1. The highest BCUT2D eigenvalue weighted by Crippen LogP contribution is 2.53. The predicted molar refractivity (Wildman–Crippen MR) is 147 cm³/mol. The van der Waals surface area contributed by atoms with E-state index in [2.05, 4.69) is 5.32 Å². The summed E-state index contributed by atoms with van der Waals surface area (Å²) in [6, 6.07) is 11.5. The van der Waals surface area contributed by atoms with Gasteiger partial charge in [-0.25, -0.2) is 9.59 Å². The summed E-state index contributed by atoms with van der Waals surface area (Å²) in [5, 5.41) is 2.48. The number of fused-ring (bicyclic) bond motifs is 2. The molecule has 0 spiro atoms. The molecule has 1 saturated heterocycles. The van der Waals surface area contributed by atoms with Crippen LogP contribution >= 0.6 is 34.7 Å². The number of nitrogens with zero attached hydrogens (tertiary/aromatic N) is 2. The molecule has 0 bridgehead atoms.